The van der Waals surface area contributed by atoms with Gasteiger partial charge in [-0.1, -0.05) is 22.9 Å². The number of nitrogen functional groups attached to an aromatic ring is 1. The van der Waals surface area contributed by atoms with Crippen molar-refractivity contribution < 1.29 is 0 Å². The first-order valence-corrected chi connectivity index (χ1v) is 7.65. The third-order valence-corrected chi connectivity index (χ3v) is 4.66. The largest absolute Gasteiger partial charge is 0.384 e. The van der Waals surface area contributed by atoms with Crippen LogP contribution in [0.15, 0.2) is 22.7 Å². The van der Waals surface area contributed by atoms with Crippen LogP contribution in [0.5, 0.6) is 0 Å². The summed E-state index contributed by atoms with van der Waals surface area (Å²) in [5.41, 5.74) is 7.58. The maximum absolute atomic E-state index is 7.72. The quantitative estimate of drug-likeness (QED) is 0.657. The van der Waals surface area contributed by atoms with E-state index in [0.717, 1.165) is 21.6 Å². The van der Waals surface area contributed by atoms with Crippen molar-refractivity contribution in [3.63, 3.8) is 0 Å². The first-order chi connectivity index (χ1) is 8.99. The molecule has 0 aliphatic heterocycles. The molecule has 0 spiro atoms. The average Bonchev–Trinajstić information content (AvgIpc) is 2.38. The predicted molar refractivity (Wildman–Crippen MR) is 85.0 cm³/mol. The Morgan fingerprint density at radius 3 is 2.53 bits per heavy atom. The van der Waals surface area contributed by atoms with Crippen LogP contribution in [0.3, 0.4) is 0 Å². The normalized spacial score (nSPS) is 23.1. The number of nitrogens with zero attached hydrogens (tertiary/aromatic N) is 1. The Morgan fingerprint density at radius 1 is 1.32 bits per heavy atom. The highest BCUT2D eigenvalue weighted by Gasteiger charge is 2.23. The summed E-state index contributed by atoms with van der Waals surface area (Å²) < 4.78 is 1.03. The van der Waals surface area contributed by atoms with Crippen molar-refractivity contribution in [2.45, 2.75) is 38.6 Å². The number of hydrogen-bond acceptors (Lipinski definition) is 2. The third-order valence-electron chi connectivity index (χ3n) is 4.16. The highest BCUT2D eigenvalue weighted by molar-refractivity contribution is 9.10. The van der Waals surface area contributed by atoms with Crippen LogP contribution in [0.1, 0.15) is 38.2 Å². The summed E-state index contributed by atoms with van der Waals surface area (Å²) in [4.78, 5) is 2.30. The second-order valence-electron chi connectivity index (χ2n) is 5.60. The van der Waals surface area contributed by atoms with Gasteiger partial charge in [0.2, 0.25) is 0 Å². The zero-order valence-corrected chi connectivity index (χ0v) is 13.2. The molecule has 0 heterocycles. The molecule has 0 radical (unpaired) electrons. The number of nitrogens with two attached hydrogens (primary N) is 1. The summed E-state index contributed by atoms with van der Waals surface area (Å²) in [6.45, 7) is 2.33. The number of anilines is 1. The number of halogens is 1. The lowest BCUT2D eigenvalue weighted by atomic mass is 9.86. The molecule has 1 saturated carbocycles. The van der Waals surface area contributed by atoms with Gasteiger partial charge in [-0.3, -0.25) is 5.41 Å². The zero-order chi connectivity index (χ0) is 14.0. The van der Waals surface area contributed by atoms with E-state index >= 15 is 0 Å². The lowest BCUT2D eigenvalue weighted by molar-refractivity contribution is 0.340. The molecule has 1 aliphatic carbocycles. The number of benzene rings is 1. The van der Waals surface area contributed by atoms with Gasteiger partial charge in [-0.15, -0.1) is 0 Å². The van der Waals surface area contributed by atoms with Crippen LogP contribution in [-0.4, -0.2) is 18.9 Å². The molecule has 4 heteroatoms. The first-order valence-electron chi connectivity index (χ1n) is 6.86. The van der Waals surface area contributed by atoms with Crippen LogP contribution in [0.4, 0.5) is 5.69 Å². The summed E-state index contributed by atoms with van der Waals surface area (Å²) in [7, 11) is 2.12. The molecular weight excluding hydrogens is 302 g/mol. The van der Waals surface area contributed by atoms with E-state index in [1.165, 1.54) is 25.7 Å². The topological polar surface area (TPSA) is 53.1 Å². The van der Waals surface area contributed by atoms with Gasteiger partial charge in [0.15, 0.2) is 0 Å². The smallest absolute Gasteiger partial charge is 0.124 e. The van der Waals surface area contributed by atoms with Gasteiger partial charge < -0.3 is 10.6 Å². The van der Waals surface area contributed by atoms with E-state index in [9.17, 15) is 0 Å². The van der Waals surface area contributed by atoms with Crippen molar-refractivity contribution in [3.8, 4) is 0 Å². The Morgan fingerprint density at radius 2 is 1.95 bits per heavy atom. The second kappa shape index (κ2) is 5.95. The molecule has 0 amide bonds. The highest BCUT2D eigenvalue weighted by Crippen LogP contribution is 2.32. The van der Waals surface area contributed by atoms with Gasteiger partial charge in [0, 0.05) is 28.8 Å². The molecule has 0 aromatic heterocycles. The van der Waals surface area contributed by atoms with E-state index in [4.69, 9.17) is 11.1 Å². The lowest BCUT2D eigenvalue weighted by Gasteiger charge is -2.36. The van der Waals surface area contributed by atoms with Gasteiger partial charge in [0.25, 0.3) is 0 Å². The van der Waals surface area contributed by atoms with E-state index < -0.39 is 0 Å². The lowest BCUT2D eigenvalue weighted by Crippen LogP contribution is -2.36. The SMILES string of the molecule is CC1CCC(N(C)c2cc(Br)ccc2C(=N)N)CC1. The zero-order valence-electron chi connectivity index (χ0n) is 11.6. The molecule has 3 nitrogen and oxygen atoms in total. The molecule has 0 atom stereocenters. The van der Waals surface area contributed by atoms with Crippen molar-refractivity contribution in [1.29, 1.82) is 5.41 Å². The van der Waals surface area contributed by atoms with Crippen LogP contribution >= 0.6 is 15.9 Å². The van der Waals surface area contributed by atoms with E-state index in [2.05, 4.69) is 40.9 Å². The minimum atomic E-state index is 0.138. The Kier molecular flexibility index (Phi) is 4.50. The van der Waals surface area contributed by atoms with E-state index in [1.807, 2.05) is 12.1 Å². The van der Waals surface area contributed by atoms with Crippen molar-refractivity contribution >= 4 is 27.5 Å². The van der Waals surface area contributed by atoms with Gasteiger partial charge in [-0.25, -0.2) is 0 Å². The summed E-state index contributed by atoms with van der Waals surface area (Å²) in [5, 5.41) is 7.72. The van der Waals surface area contributed by atoms with Crippen LogP contribution in [0.2, 0.25) is 0 Å². The Hall–Kier alpha value is -1.03. The molecule has 104 valence electrons. The molecule has 2 rings (SSSR count). The molecule has 0 saturated heterocycles. The fraction of sp³-hybridized carbons (Fsp3) is 0.533. The molecule has 1 aromatic rings. The first kappa shape index (κ1) is 14.4. The van der Waals surface area contributed by atoms with Crippen molar-refractivity contribution in [2.24, 2.45) is 11.7 Å². The standard InChI is InChI=1S/C15H22BrN3/c1-10-3-6-12(7-4-10)19(2)14-9-11(16)5-8-13(14)15(17)18/h5,8-10,12H,3-4,6-7H2,1-2H3,(H3,17,18). The van der Waals surface area contributed by atoms with Gasteiger partial charge in [0.1, 0.15) is 5.84 Å². The Balaban J connectivity index is 2.25. The number of nitrogens with one attached hydrogen (secondary N) is 1. The van der Waals surface area contributed by atoms with Crippen molar-refractivity contribution in [1.82, 2.24) is 0 Å². The highest BCUT2D eigenvalue weighted by atomic mass is 79.9. The number of rotatable bonds is 3. The average molecular weight is 324 g/mol. The minimum absolute atomic E-state index is 0.138. The van der Waals surface area contributed by atoms with Gasteiger partial charge in [-0.05, 0) is 49.8 Å². The van der Waals surface area contributed by atoms with Crippen LogP contribution in [0, 0.1) is 11.3 Å². The second-order valence-corrected chi connectivity index (χ2v) is 6.52. The van der Waals surface area contributed by atoms with Crippen molar-refractivity contribution in [2.75, 3.05) is 11.9 Å². The van der Waals surface area contributed by atoms with E-state index in [-0.39, 0.29) is 5.84 Å². The Bertz CT molecular complexity index is 464. The summed E-state index contributed by atoms with van der Waals surface area (Å²) in [5.74, 6) is 0.984. The van der Waals surface area contributed by atoms with Crippen LogP contribution in [-0.2, 0) is 0 Å². The summed E-state index contributed by atoms with van der Waals surface area (Å²) in [6, 6.07) is 6.48. The van der Waals surface area contributed by atoms with E-state index in [1.54, 1.807) is 0 Å². The molecule has 3 N–H and O–H groups in total. The van der Waals surface area contributed by atoms with Crippen LogP contribution in [0.25, 0.3) is 0 Å². The molecule has 1 aliphatic rings. The predicted octanol–water partition coefficient (Wildman–Crippen LogP) is 3.75. The fourth-order valence-corrected chi connectivity index (χ4v) is 3.20. The van der Waals surface area contributed by atoms with Crippen LogP contribution < -0.4 is 10.6 Å². The molecular formula is C15H22BrN3. The number of amidine groups is 1. The van der Waals surface area contributed by atoms with Crippen molar-refractivity contribution in [3.05, 3.63) is 28.2 Å². The van der Waals surface area contributed by atoms with Gasteiger partial charge in [-0.2, -0.15) is 0 Å². The van der Waals surface area contributed by atoms with Gasteiger partial charge in [0.05, 0.1) is 0 Å². The molecule has 19 heavy (non-hydrogen) atoms. The summed E-state index contributed by atoms with van der Waals surface area (Å²) in [6.07, 6.45) is 5.03. The molecule has 0 unspecified atom stereocenters. The monoisotopic (exact) mass is 323 g/mol. The maximum Gasteiger partial charge on any atom is 0.124 e. The molecule has 1 aromatic carbocycles. The third kappa shape index (κ3) is 3.30. The minimum Gasteiger partial charge on any atom is -0.384 e. The summed E-state index contributed by atoms with van der Waals surface area (Å²) >= 11 is 3.51. The van der Waals surface area contributed by atoms with Gasteiger partial charge >= 0.3 is 0 Å². The maximum atomic E-state index is 7.72. The fourth-order valence-electron chi connectivity index (χ4n) is 2.85. The molecule has 1 fully saturated rings. The number of hydrogen-bond donors (Lipinski definition) is 2. The molecule has 0 bridgehead atoms. The Labute approximate surface area is 123 Å². The van der Waals surface area contributed by atoms with E-state index in [0.29, 0.717) is 6.04 Å².